The first-order chi connectivity index (χ1) is 11.5. The fraction of sp³-hybridized carbons (Fsp3) is 0.0667. The molecule has 2 aromatic heterocycles. The van der Waals surface area contributed by atoms with E-state index in [1.54, 1.807) is 30.3 Å². The molecule has 0 bridgehead atoms. The third kappa shape index (κ3) is 3.84. The maximum absolute atomic E-state index is 12.0. The number of aromatic amines is 1. The van der Waals surface area contributed by atoms with Crippen molar-refractivity contribution in [3.8, 4) is 0 Å². The van der Waals surface area contributed by atoms with Crippen LogP contribution in [0.2, 0.25) is 5.02 Å². The van der Waals surface area contributed by atoms with Gasteiger partial charge in [-0.15, -0.1) is 0 Å². The van der Waals surface area contributed by atoms with E-state index < -0.39 is 5.91 Å². The lowest BCUT2D eigenvalue weighted by Crippen LogP contribution is -2.15. The predicted molar refractivity (Wildman–Crippen MR) is 93.2 cm³/mol. The van der Waals surface area contributed by atoms with Gasteiger partial charge >= 0.3 is 0 Å². The summed E-state index contributed by atoms with van der Waals surface area (Å²) >= 11 is 7.12. The summed E-state index contributed by atoms with van der Waals surface area (Å²) in [7, 11) is 0. The molecule has 7 nitrogen and oxygen atoms in total. The van der Waals surface area contributed by atoms with Gasteiger partial charge in [0.2, 0.25) is 11.8 Å². The number of anilines is 1. The highest BCUT2D eigenvalue weighted by molar-refractivity contribution is 7.99. The number of benzene rings is 1. The van der Waals surface area contributed by atoms with Gasteiger partial charge in [0.15, 0.2) is 10.8 Å². The van der Waals surface area contributed by atoms with E-state index in [1.165, 1.54) is 18.0 Å². The number of imidazole rings is 1. The van der Waals surface area contributed by atoms with E-state index in [2.05, 4.69) is 20.3 Å². The second-order valence-corrected chi connectivity index (χ2v) is 6.25. The van der Waals surface area contributed by atoms with Crippen LogP contribution >= 0.6 is 23.4 Å². The third-order valence-corrected chi connectivity index (χ3v) is 4.16. The number of carbonyl (C=O) groups excluding carboxylic acids is 2. The molecule has 0 radical (unpaired) electrons. The van der Waals surface area contributed by atoms with Gasteiger partial charge in [-0.2, -0.15) is 0 Å². The number of nitrogens with zero attached hydrogens (tertiary/aromatic N) is 2. The quantitative estimate of drug-likeness (QED) is 0.604. The van der Waals surface area contributed by atoms with Crippen molar-refractivity contribution in [3.05, 3.63) is 47.1 Å². The molecule has 122 valence electrons. The molecule has 0 unspecified atom stereocenters. The molecule has 2 heterocycles. The largest absolute Gasteiger partial charge is 0.366 e. The lowest BCUT2D eigenvalue weighted by atomic mass is 10.2. The van der Waals surface area contributed by atoms with Crippen LogP contribution < -0.4 is 11.1 Å². The molecule has 3 aromatic rings. The van der Waals surface area contributed by atoms with Crippen molar-refractivity contribution < 1.29 is 9.59 Å². The Bertz CT molecular complexity index is 910. The number of rotatable bonds is 5. The van der Waals surface area contributed by atoms with Gasteiger partial charge in [0.25, 0.3) is 0 Å². The van der Waals surface area contributed by atoms with E-state index in [-0.39, 0.29) is 11.7 Å². The molecule has 0 fully saturated rings. The number of pyridine rings is 1. The summed E-state index contributed by atoms with van der Waals surface area (Å²) in [6.45, 7) is 0. The van der Waals surface area contributed by atoms with Gasteiger partial charge in [0.05, 0.1) is 16.3 Å². The molecule has 0 saturated heterocycles. The molecule has 0 aliphatic rings. The molecule has 0 aliphatic heterocycles. The Morgan fingerprint density at radius 1 is 1.29 bits per heavy atom. The van der Waals surface area contributed by atoms with Gasteiger partial charge in [-0.1, -0.05) is 23.4 Å². The second-order valence-electron chi connectivity index (χ2n) is 4.85. The monoisotopic (exact) mass is 361 g/mol. The lowest BCUT2D eigenvalue weighted by Gasteiger charge is -2.04. The number of hydrogen-bond acceptors (Lipinski definition) is 5. The Labute approximate surface area is 146 Å². The highest BCUT2D eigenvalue weighted by Gasteiger charge is 2.09. The number of thioether (sulfide) groups is 1. The van der Waals surface area contributed by atoms with E-state index >= 15 is 0 Å². The highest BCUT2D eigenvalue weighted by atomic mass is 35.5. The first-order valence-corrected chi connectivity index (χ1v) is 8.21. The minimum absolute atomic E-state index is 0.172. The predicted octanol–water partition coefficient (Wildman–Crippen LogP) is 2.44. The average molecular weight is 362 g/mol. The van der Waals surface area contributed by atoms with Gasteiger partial charge in [0.1, 0.15) is 0 Å². The van der Waals surface area contributed by atoms with E-state index in [1.807, 2.05) is 0 Å². The lowest BCUT2D eigenvalue weighted by molar-refractivity contribution is -0.113. The van der Waals surface area contributed by atoms with Gasteiger partial charge in [-0.3, -0.25) is 9.59 Å². The SMILES string of the molecule is NC(=O)c1ccc(NC(=O)CSc2nc3ncc(Cl)cc3[nH]2)cc1. The summed E-state index contributed by atoms with van der Waals surface area (Å²) in [5.41, 5.74) is 7.40. The van der Waals surface area contributed by atoms with Crippen molar-refractivity contribution in [3.63, 3.8) is 0 Å². The number of nitrogens with two attached hydrogens (primary N) is 1. The molecular formula is C15H12ClN5O2S. The van der Waals surface area contributed by atoms with Crippen LogP contribution in [0.4, 0.5) is 5.69 Å². The van der Waals surface area contributed by atoms with Gasteiger partial charge in [0, 0.05) is 17.4 Å². The Morgan fingerprint density at radius 2 is 2.04 bits per heavy atom. The van der Waals surface area contributed by atoms with Crippen molar-refractivity contribution in [2.45, 2.75) is 5.16 Å². The molecule has 2 amide bonds. The van der Waals surface area contributed by atoms with E-state index in [4.69, 9.17) is 17.3 Å². The standard InChI is InChI=1S/C15H12ClN5O2S/c16-9-5-11-14(18-6-9)21-15(20-11)24-7-12(22)19-10-3-1-8(2-4-10)13(17)23/h1-6H,7H2,(H2,17,23)(H,19,22)(H,18,20,21). The normalized spacial score (nSPS) is 10.7. The minimum Gasteiger partial charge on any atom is -0.366 e. The van der Waals surface area contributed by atoms with Gasteiger partial charge < -0.3 is 16.0 Å². The molecule has 0 saturated carbocycles. The number of nitrogens with one attached hydrogen (secondary N) is 2. The highest BCUT2D eigenvalue weighted by Crippen LogP contribution is 2.20. The number of halogens is 1. The first-order valence-electron chi connectivity index (χ1n) is 6.85. The Balaban J connectivity index is 1.59. The molecule has 0 spiro atoms. The zero-order valence-corrected chi connectivity index (χ0v) is 13.8. The van der Waals surface area contributed by atoms with E-state index in [9.17, 15) is 9.59 Å². The first kappa shape index (κ1) is 16.3. The molecule has 0 aliphatic carbocycles. The topological polar surface area (TPSA) is 114 Å². The molecular weight excluding hydrogens is 350 g/mol. The van der Waals surface area contributed by atoms with Crippen LogP contribution in [0.3, 0.4) is 0 Å². The summed E-state index contributed by atoms with van der Waals surface area (Å²) in [4.78, 5) is 34.4. The molecule has 3 rings (SSSR count). The van der Waals surface area contributed by atoms with Crippen molar-refractivity contribution in [2.75, 3.05) is 11.1 Å². The van der Waals surface area contributed by atoms with Gasteiger partial charge in [-0.25, -0.2) is 9.97 Å². The zero-order valence-electron chi connectivity index (χ0n) is 12.2. The van der Waals surface area contributed by atoms with Crippen LogP contribution in [0, 0.1) is 0 Å². The third-order valence-electron chi connectivity index (χ3n) is 3.08. The van der Waals surface area contributed by atoms with Crippen LogP contribution in [-0.4, -0.2) is 32.5 Å². The smallest absolute Gasteiger partial charge is 0.248 e. The number of fused-ring (bicyclic) bond motifs is 1. The summed E-state index contributed by atoms with van der Waals surface area (Å²) in [6.07, 6.45) is 1.52. The number of carbonyl (C=O) groups is 2. The van der Waals surface area contributed by atoms with Crippen LogP contribution in [0.15, 0.2) is 41.7 Å². The summed E-state index contributed by atoms with van der Waals surface area (Å²) < 4.78 is 0. The molecule has 4 N–H and O–H groups in total. The number of hydrogen-bond donors (Lipinski definition) is 3. The molecule has 24 heavy (non-hydrogen) atoms. The number of amides is 2. The van der Waals surface area contributed by atoms with Crippen LogP contribution in [0.25, 0.3) is 11.2 Å². The molecule has 1 aromatic carbocycles. The van der Waals surface area contributed by atoms with E-state index in [0.717, 1.165) is 0 Å². The maximum atomic E-state index is 12.0. The summed E-state index contributed by atoms with van der Waals surface area (Å²) in [5, 5.41) is 3.83. The van der Waals surface area contributed by atoms with Crippen LogP contribution in [0.1, 0.15) is 10.4 Å². The Morgan fingerprint density at radius 3 is 2.75 bits per heavy atom. The van der Waals surface area contributed by atoms with E-state index in [0.29, 0.717) is 32.6 Å². The number of aromatic nitrogens is 3. The summed E-state index contributed by atoms with van der Waals surface area (Å²) in [5.74, 6) is -0.536. The Hall–Kier alpha value is -2.58. The fourth-order valence-electron chi connectivity index (χ4n) is 1.97. The zero-order chi connectivity index (χ0) is 17.1. The average Bonchev–Trinajstić information content (AvgIpc) is 2.95. The number of primary amides is 1. The second kappa shape index (κ2) is 6.90. The van der Waals surface area contributed by atoms with Crippen LogP contribution in [-0.2, 0) is 4.79 Å². The number of H-pyrrole nitrogens is 1. The minimum atomic E-state index is -0.512. The van der Waals surface area contributed by atoms with Crippen molar-refractivity contribution >= 4 is 52.0 Å². The van der Waals surface area contributed by atoms with Crippen LogP contribution in [0.5, 0.6) is 0 Å². The molecule has 9 heteroatoms. The maximum Gasteiger partial charge on any atom is 0.248 e. The Kier molecular flexibility index (Phi) is 4.68. The summed E-state index contributed by atoms with van der Waals surface area (Å²) in [6, 6.07) is 8.08. The van der Waals surface area contributed by atoms with Crippen molar-refractivity contribution in [1.29, 1.82) is 0 Å². The fourth-order valence-corrected chi connectivity index (χ4v) is 2.80. The van der Waals surface area contributed by atoms with Crippen molar-refractivity contribution in [2.24, 2.45) is 5.73 Å². The van der Waals surface area contributed by atoms with Crippen molar-refractivity contribution in [1.82, 2.24) is 15.0 Å². The van der Waals surface area contributed by atoms with Gasteiger partial charge in [-0.05, 0) is 30.3 Å². The molecule has 0 atom stereocenters.